The fourth-order valence-electron chi connectivity index (χ4n) is 5.90. The first-order valence-electron chi connectivity index (χ1n) is 17.1. The Hall–Kier alpha value is -3.87. The molecule has 0 radical (unpaired) electrons. The van der Waals surface area contributed by atoms with E-state index in [0.29, 0.717) is 19.4 Å². The van der Waals surface area contributed by atoms with E-state index in [9.17, 15) is 54.0 Å². The van der Waals surface area contributed by atoms with Crippen molar-refractivity contribution in [1.82, 2.24) is 36.8 Å². The zero-order valence-corrected chi connectivity index (χ0v) is 29.6. The summed E-state index contributed by atoms with van der Waals surface area (Å²) >= 11 is 0. The molecule has 0 unspecified atom stereocenters. The van der Waals surface area contributed by atoms with Gasteiger partial charge in [0.05, 0.1) is 24.9 Å². The summed E-state index contributed by atoms with van der Waals surface area (Å²) in [6, 6.07) is -8.70. The van der Waals surface area contributed by atoms with Gasteiger partial charge in [0.25, 0.3) is 0 Å². The van der Waals surface area contributed by atoms with E-state index in [-0.39, 0.29) is 31.2 Å². The van der Waals surface area contributed by atoms with Crippen molar-refractivity contribution in [2.75, 3.05) is 19.7 Å². The number of amides is 6. The van der Waals surface area contributed by atoms with E-state index < -0.39 is 103 Å². The van der Waals surface area contributed by atoms with Crippen LogP contribution in [0, 0.1) is 11.8 Å². The molecule has 18 heteroatoms. The highest BCUT2D eigenvalue weighted by molar-refractivity contribution is 5.97. The maximum Gasteiger partial charge on any atom is 0.326 e. The molecule has 2 saturated heterocycles. The fraction of sp³-hybridized carbons (Fsp3) is 0.781. The van der Waals surface area contributed by atoms with E-state index in [0.717, 1.165) is 11.3 Å². The molecule has 2 aliphatic heterocycles. The van der Waals surface area contributed by atoms with Gasteiger partial charge in [0.1, 0.15) is 36.3 Å². The van der Waals surface area contributed by atoms with E-state index in [1.165, 1.54) is 13.8 Å². The molecule has 2 heterocycles. The summed E-state index contributed by atoms with van der Waals surface area (Å²) in [7, 11) is 0. The summed E-state index contributed by atoms with van der Waals surface area (Å²) in [6.07, 6.45) is -0.793. The van der Waals surface area contributed by atoms with Gasteiger partial charge in [0.15, 0.2) is 0 Å². The van der Waals surface area contributed by atoms with Gasteiger partial charge >= 0.3 is 5.97 Å². The lowest BCUT2D eigenvalue weighted by Crippen LogP contribution is -2.63. The van der Waals surface area contributed by atoms with Crippen LogP contribution in [0.5, 0.6) is 0 Å². The number of nitrogens with one attached hydrogen (secondary N) is 6. The number of aliphatic hydroxyl groups excluding tert-OH is 3. The standard InChI is InChI=1S/C32H55N7O11/c1-15(2)13-20(34-26(43)19-9-7-11-33-19)27(44)37-25(18(6)42)30(47)38-24(17(5)41)29(46)35-21(14-40)31(48)39-12-8-10-22(39)28(45)36-23(16(3)4)32(49)50/h15-25,33,40-42H,7-14H2,1-6H3,(H,34,43)(H,35,46)(H,36,45)(H,37,44)(H,38,47)(H,49,50)/t17-,18-,19+,20+,21+,22+,23+,24+,25+/m1/s1. The number of hydrogen-bond acceptors (Lipinski definition) is 11. The second kappa shape index (κ2) is 19.5. The van der Waals surface area contributed by atoms with Crippen LogP contribution in [0.4, 0.5) is 0 Å². The Morgan fingerprint density at radius 3 is 1.78 bits per heavy atom. The number of hydrogen-bond donors (Lipinski definition) is 10. The molecule has 0 spiro atoms. The molecule has 0 aromatic heterocycles. The van der Waals surface area contributed by atoms with Crippen LogP contribution in [0.2, 0.25) is 0 Å². The lowest BCUT2D eigenvalue weighted by molar-refractivity contribution is -0.146. The zero-order chi connectivity index (χ0) is 37.9. The van der Waals surface area contributed by atoms with Crippen molar-refractivity contribution in [3.05, 3.63) is 0 Å². The van der Waals surface area contributed by atoms with Gasteiger partial charge in [-0.2, -0.15) is 0 Å². The van der Waals surface area contributed by atoms with Gasteiger partial charge in [0.2, 0.25) is 35.4 Å². The van der Waals surface area contributed by atoms with Gasteiger partial charge in [-0.3, -0.25) is 28.8 Å². The third-order valence-corrected chi connectivity index (χ3v) is 8.71. The van der Waals surface area contributed by atoms with Gasteiger partial charge < -0.3 is 57.2 Å². The van der Waals surface area contributed by atoms with Crippen molar-refractivity contribution in [2.45, 2.75) is 128 Å². The number of carbonyl (C=O) groups is 7. The average molecular weight is 714 g/mol. The van der Waals surface area contributed by atoms with Crippen LogP contribution in [-0.2, 0) is 33.6 Å². The highest BCUT2D eigenvalue weighted by atomic mass is 16.4. The quantitative estimate of drug-likeness (QED) is 0.0669. The molecule has 10 N–H and O–H groups in total. The number of aliphatic hydroxyl groups is 3. The second-order valence-electron chi connectivity index (χ2n) is 13.8. The minimum absolute atomic E-state index is 0.0289. The molecule has 2 fully saturated rings. The summed E-state index contributed by atoms with van der Waals surface area (Å²) in [4.78, 5) is 91.7. The largest absolute Gasteiger partial charge is 0.480 e. The molecule has 9 atom stereocenters. The minimum atomic E-state index is -1.72. The summed E-state index contributed by atoms with van der Waals surface area (Å²) in [5, 5.41) is 55.5. The van der Waals surface area contributed by atoms with Crippen LogP contribution < -0.4 is 31.9 Å². The van der Waals surface area contributed by atoms with Crippen molar-refractivity contribution < 1.29 is 54.0 Å². The predicted octanol–water partition coefficient (Wildman–Crippen LogP) is -3.31. The Balaban J connectivity index is 2.14. The first-order chi connectivity index (χ1) is 23.4. The number of carbonyl (C=O) groups excluding carboxylic acids is 6. The van der Waals surface area contributed by atoms with Crippen LogP contribution in [-0.4, -0.2) is 141 Å². The number of aliphatic carboxylic acids is 1. The molecule has 0 aromatic rings. The number of carboxylic acid groups (broad SMARTS) is 1. The van der Waals surface area contributed by atoms with Crippen molar-refractivity contribution in [3.63, 3.8) is 0 Å². The Kier molecular flexibility index (Phi) is 16.5. The van der Waals surface area contributed by atoms with Crippen molar-refractivity contribution >= 4 is 41.4 Å². The predicted molar refractivity (Wildman–Crippen MR) is 178 cm³/mol. The first-order valence-corrected chi connectivity index (χ1v) is 17.1. The smallest absolute Gasteiger partial charge is 0.326 e. The highest BCUT2D eigenvalue weighted by Crippen LogP contribution is 2.20. The number of carboxylic acids is 1. The fourth-order valence-corrected chi connectivity index (χ4v) is 5.90. The molecular formula is C32H55N7O11. The number of rotatable bonds is 18. The molecule has 0 saturated carbocycles. The molecular weight excluding hydrogens is 658 g/mol. The van der Waals surface area contributed by atoms with Gasteiger partial charge in [0, 0.05) is 6.54 Å². The van der Waals surface area contributed by atoms with E-state index >= 15 is 0 Å². The third-order valence-electron chi connectivity index (χ3n) is 8.71. The van der Waals surface area contributed by atoms with Crippen molar-refractivity contribution in [3.8, 4) is 0 Å². The van der Waals surface area contributed by atoms with Gasteiger partial charge in [-0.05, 0) is 64.3 Å². The molecule has 2 rings (SSSR count). The minimum Gasteiger partial charge on any atom is -0.480 e. The first kappa shape index (κ1) is 42.3. The Morgan fingerprint density at radius 1 is 0.720 bits per heavy atom. The molecule has 2 aliphatic rings. The molecule has 284 valence electrons. The average Bonchev–Trinajstić information content (AvgIpc) is 3.75. The van der Waals surface area contributed by atoms with Crippen LogP contribution >= 0.6 is 0 Å². The number of likely N-dealkylation sites (tertiary alicyclic amines) is 1. The van der Waals surface area contributed by atoms with Crippen molar-refractivity contribution in [2.24, 2.45) is 11.8 Å². The Labute approximate surface area is 291 Å². The zero-order valence-electron chi connectivity index (χ0n) is 29.6. The lowest BCUT2D eigenvalue weighted by Gasteiger charge is -2.31. The van der Waals surface area contributed by atoms with Crippen molar-refractivity contribution in [1.29, 1.82) is 0 Å². The van der Waals surface area contributed by atoms with E-state index in [1.54, 1.807) is 13.8 Å². The maximum absolute atomic E-state index is 13.4. The Bertz CT molecular complexity index is 1220. The summed E-state index contributed by atoms with van der Waals surface area (Å²) < 4.78 is 0. The maximum atomic E-state index is 13.4. The SMILES string of the molecule is CC(C)C[C@H](NC(=O)[C@@H]1CCCN1)C(=O)N[C@H](C(=O)N[C@H](C(=O)N[C@@H](CO)C(=O)N1CCC[C@H]1C(=O)N[C@H](C(=O)O)C(C)C)[C@@H](C)O)[C@@H](C)O. The van der Waals surface area contributed by atoms with Gasteiger partial charge in [-0.25, -0.2) is 4.79 Å². The highest BCUT2D eigenvalue weighted by Gasteiger charge is 2.41. The topological polar surface area (TPSA) is 276 Å². The van der Waals surface area contributed by atoms with Gasteiger partial charge in [-0.15, -0.1) is 0 Å². The summed E-state index contributed by atoms with van der Waals surface area (Å²) in [5.41, 5.74) is 0. The van der Waals surface area contributed by atoms with E-state index in [2.05, 4.69) is 31.9 Å². The normalized spacial score (nSPS) is 21.7. The van der Waals surface area contributed by atoms with Crippen LogP contribution in [0.1, 0.15) is 73.6 Å². The monoisotopic (exact) mass is 713 g/mol. The van der Waals surface area contributed by atoms with E-state index in [1.807, 2.05) is 13.8 Å². The molecule has 0 bridgehead atoms. The third kappa shape index (κ3) is 11.9. The Morgan fingerprint density at radius 2 is 1.30 bits per heavy atom. The molecule has 18 nitrogen and oxygen atoms in total. The van der Waals surface area contributed by atoms with Crippen LogP contribution in [0.15, 0.2) is 0 Å². The van der Waals surface area contributed by atoms with Crippen LogP contribution in [0.3, 0.4) is 0 Å². The van der Waals surface area contributed by atoms with E-state index in [4.69, 9.17) is 0 Å². The molecule has 50 heavy (non-hydrogen) atoms. The summed E-state index contributed by atoms with van der Waals surface area (Å²) in [5.74, 6) is -6.52. The molecule has 0 aromatic carbocycles. The van der Waals surface area contributed by atoms with Crippen LogP contribution in [0.25, 0.3) is 0 Å². The molecule has 0 aliphatic carbocycles. The lowest BCUT2D eigenvalue weighted by atomic mass is 10.0. The summed E-state index contributed by atoms with van der Waals surface area (Å²) in [6.45, 7) is 9.15. The number of nitrogens with zero attached hydrogens (tertiary/aromatic N) is 1. The second-order valence-corrected chi connectivity index (χ2v) is 13.8. The van der Waals surface area contributed by atoms with Gasteiger partial charge in [-0.1, -0.05) is 27.7 Å². The molecule has 6 amide bonds.